The van der Waals surface area contributed by atoms with Gasteiger partial charge in [0.25, 0.3) is 0 Å². The Morgan fingerprint density at radius 2 is 2.00 bits per heavy atom. The second kappa shape index (κ2) is 7.51. The third-order valence-electron chi connectivity index (χ3n) is 3.27. The molecular formula is C15H23ClN2O. The van der Waals surface area contributed by atoms with Crippen molar-refractivity contribution < 1.29 is 4.79 Å². The summed E-state index contributed by atoms with van der Waals surface area (Å²) >= 11 is 0. The predicted octanol–water partition coefficient (Wildman–Crippen LogP) is 3.17. The Bertz CT molecular complexity index is 416. The fourth-order valence-electron chi connectivity index (χ4n) is 2.02. The maximum absolute atomic E-state index is 11.8. The molecule has 1 aromatic carbocycles. The van der Waals surface area contributed by atoms with Gasteiger partial charge in [-0.15, -0.1) is 12.4 Å². The molecule has 106 valence electrons. The van der Waals surface area contributed by atoms with Crippen LogP contribution in [0.1, 0.15) is 38.2 Å². The van der Waals surface area contributed by atoms with Gasteiger partial charge < -0.3 is 10.6 Å². The summed E-state index contributed by atoms with van der Waals surface area (Å²) in [5.41, 5.74) is 2.12. The van der Waals surface area contributed by atoms with E-state index in [4.69, 9.17) is 0 Å². The van der Waals surface area contributed by atoms with Gasteiger partial charge in [-0.2, -0.15) is 0 Å². The molecule has 1 saturated carbocycles. The quantitative estimate of drug-likeness (QED) is 0.841. The number of hydrogen-bond acceptors (Lipinski definition) is 2. The summed E-state index contributed by atoms with van der Waals surface area (Å²) in [7, 11) is 0. The summed E-state index contributed by atoms with van der Waals surface area (Å²) in [4.78, 5) is 11.8. The molecule has 1 aromatic rings. The highest BCUT2D eigenvalue weighted by molar-refractivity contribution is 5.93. The fraction of sp³-hybridized carbons (Fsp3) is 0.533. The lowest BCUT2D eigenvalue weighted by molar-refractivity contribution is -0.115. The molecule has 0 atom stereocenters. The van der Waals surface area contributed by atoms with Crippen LogP contribution in [-0.2, 0) is 4.79 Å². The lowest BCUT2D eigenvalue weighted by Gasteiger charge is -2.13. The standard InChI is InChI=1S/C15H22N2O.ClH/c1-11(2)13-5-3-4-6-14(13)17-15(18)10-16-9-12-7-8-12;/h3-6,11-12,16H,7-10H2,1-2H3,(H,17,18);1H. The van der Waals surface area contributed by atoms with Crippen LogP contribution in [0.25, 0.3) is 0 Å². The number of carbonyl (C=O) groups excluding carboxylic acids is 1. The molecule has 0 aromatic heterocycles. The molecule has 0 bridgehead atoms. The maximum Gasteiger partial charge on any atom is 0.238 e. The third kappa shape index (κ3) is 5.21. The number of carbonyl (C=O) groups is 1. The van der Waals surface area contributed by atoms with Crippen LogP contribution < -0.4 is 10.6 Å². The Labute approximate surface area is 121 Å². The summed E-state index contributed by atoms with van der Waals surface area (Å²) < 4.78 is 0. The highest BCUT2D eigenvalue weighted by Gasteiger charge is 2.20. The molecule has 1 fully saturated rings. The Balaban J connectivity index is 0.00000180. The second-order valence-corrected chi connectivity index (χ2v) is 5.36. The zero-order chi connectivity index (χ0) is 13.0. The highest BCUT2D eigenvalue weighted by Crippen LogP contribution is 2.27. The van der Waals surface area contributed by atoms with Gasteiger partial charge in [0.2, 0.25) is 5.91 Å². The van der Waals surface area contributed by atoms with E-state index in [9.17, 15) is 4.79 Å². The molecule has 0 unspecified atom stereocenters. The van der Waals surface area contributed by atoms with Gasteiger partial charge in [0.1, 0.15) is 0 Å². The van der Waals surface area contributed by atoms with Crippen molar-refractivity contribution in [3.05, 3.63) is 29.8 Å². The molecule has 4 heteroatoms. The van der Waals surface area contributed by atoms with Crippen molar-refractivity contribution in [2.24, 2.45) is 5.92 Å². The van der Waals surface area contributed by atoms with Crippen LogP contribution in [0.2, 0.25) is 0 Å². The van der Waals surface area contributed by atoms with Crippen molar-refractivity contribution in [3.63, 3.8) is 0 Å². The summed E-state index contributed by atoms with van der Waals surface area (Å²) in [5, 5.41) is 6.19. The average Bonchev–Trinajstić information content (AvgIpc) is 3.13. The van der Waals surface area contributed by atoms with E-state index in [0.29, 0.717) is 12.5 Å². The van der Waals surface area contributed by atoms with Crippen molar-refractivity contribution in [2.75, 3.05) is 18.4 Å². The van der Waals surface area contributed by atoms with Gasteiger partial charge in [0.05, 0.1) is 6.54 Å². The van der Waals surface area contributed by atoms with Crippen LogP contribution >= 0.6 is 12.4 Å². The van der Waals surface area contributed by atoms with E-state index in [1.54, 1.807) is 0 Å². The monoisotopic (exact) mass is 282 g/mol. The molecule has 1 amide bonds. The van der Waals surface area contributed by atoms with Crippen LogP contribution in [-0.4, -0.2) is 19.0 Å². The van der Waals surface area contributed by atoms with E-state index in [1.165, 1.54) is 18.4 Å². The number of amides is 1. The molecule has 3 nitrogen and oxygen atoms in total. The second-order valence-electron chi connectivity index (χ2n) is 5.36. The predicted molar refractivity (Wildman–Crippen MR) is 82.0 cm³/mol. The molecule has 1 aliphatic carbocycles. The topological polar surface area (TPSA) is 41.1 Å². The van der Waals surface area contributed by atoms with Crippen molar-refractivity contribution in [1.82, 2.24) is 5.32 Å². The van der Waals surface area contributed by atoms with Gasteiger partial charge in [-0.25, -0.2) is 0 Å². The lowest BCUT2D eigenvalue weighted by atomic mass is 10.0. The molecule has 0 spiro atoms. The molecule has 0 heterocycles. The van der Waals surface area contributed by atoms with E-state index in [-0.39, 0.29) is 18.3 Å². The molecule has 19 heavy (non-hydrogen) atoms. The first-order valence-electron chi connectivity index (χ1n) is 6.76. The zero-order valence-corrected chi connectivity index (χ0v) is 12.4. The van der Waals surface area contributed by atoms with Gasteiger partial charge >= 0.3 is 0 Å². The molecule has 2 N–H and O–H groups in total. The maximum atomic E-state index is 11.8. The van der Waals surface area contributed by atoms with Gasteiger partial charge in [0, 0.05) is 5.69 Å². The number of hydrogen-bond donors (Lipinski definition) is 2. The van der Waals surface area contributed by atoms with E-state index >= 15 is 0 Å². The fourth-order valence-corrected chi connectivity index (χ4v) is 2.02. The first-order chi connectivity index (χ1) is 8.66. The number of nitrogens with one attached hydrogen (secondary N) is 2. The number of para-hydroxylation sites is 1. The van der Waals surface area contributed by atoms with Crippen molar-refractivity contribution in [2.45, 2.75) is 32.6 Å². The molecule has 0 aliphatic heterocycles. The van der Waals surface area contributed by atoms with Crippen molar-refractivity contribution >= 4 is 24.0 Å². The van der Waals surface area contributed by atoms with Gasteiger partial charge in [-0.1, -0.05) is 32.0 Å². The van der Waals surface area contributed by atoms with E-state index in [0.717, 1.165) is 18.2 Å². The lowest BCUT2D eigenvalue weighted by Crippen LogP contribution is -2.29. The summed E-state index contributed by atoms with van der Waals surface area (Å²) in [6, 6.07) is 8.00. The first kappa shape index (κ1) is 16.0. The third-order valence-corrected chi connectivity index (χ3v) is 3.27. The Hall–Kier alpha value is -1.06. The van der Waals surface area contributed by atoms with Crippen LogP contribution in [0.15, 0.2) is 24.3 Å². The van der Waals surface area contributed by atoms with E-state index < -0.39 is 0 Å². The van der Waals surface area contributed by atoms with E-state index in [2.05, 4.69) is 30.5 Å². The van der Waals surface area contributed by atoms with Crippen molar-refractivity contribution in [1.29, 1.82) is 0 Å². The van der Waals surface area contributed by atoms with Crippen LogP contribution in [0, 0.1) is 5.92 Å². The molecule has 0 saturated heterocycles. The highest BCUT2D eigenvalue weighted by atomic mass is 35.5. The number of halogens is 1. The van der Waals surface area contributed by atoms with E-state index in [1.807, 2.05) is 18.2 Å². The largest absolute Gasteiger partial charge is 0.325 e. The average molecular weight is 283 g/mol. The summed E-state index contributed by atoms with van der Waals surface area (Å²) in [6.07, 6.45) is 2.62. The SMILES string of the molecule is CC(C)c1ccccc1NC(=O)CNCC1CC1.Cl. The Morgan fingerprint density at radius 1 is 1.32 bits per heavy atom. The minimum atomic E-state index is 0. The van der Waals surface area contributed by atoms with Crippen LogP contribution in [0.5, 0.6) is 0 Å². The van der Waals surface area contributed by atoms with Gasteiger partial charge in [0.15, 0.2) is 0 Å². The summed E-state index contributed by atoms with van der Waals surface area (Å²) in [5.74, 6) is 1.27. The molecule has 1 aliphatic rings. The molecule has 2 rings (SSSR count). The number of anilines is 1. The minimum Gasteiger partial charge on any atom is -0.325 e. The Kier molecular flexibility index (Phi) is 6.32. The van der Waals surface area contributed by atoms with Crippen LogP contribution in [0.3, 0.4) is 0 Å². The smallest absolute Gasteiger partial charge is 0.238 e. The normalized spacial score (nSPS) is 14.1. The molecular weight excluding hydrogens is 260 g/mol. The molecule has 0 radical (unpaired) electrons. The number of rotatable bonds is 6. The zero-order valence-electron chi connectivity index (χ0n) is 11.6. The van der Waals surface area contributed by atoms with Gasteiger partial charge in [-0.05, 0) is 42.9 Å². The Morgan fingerprint density at radius 3 is 2.63 bits per heavy atom. The number of benzene rings is 1. The van der Waals surface area contributed by atoms with Crippen LogP contribution in [0.4, 0.5) is 5.69 Å². The van der Waals surface area contributed by atoms with Crippen molar-refractivity contribution in [3.8, 4) is 0 Å². The first-order valence-corrected chi connectivity index (χ1v) is 6.76. The summed E-state index contributed by atoms with van der Waals surface area (Å²) in [6.45, 7) is 5.65. The van der Waals surface area contributed by atoms with Gasteiger partial charge in [-0.3, -0.25) is 4.79 Å². The minimum absolute atomic E-state index is 0.